The Morgan fingerprint density at radius 3 is 2.49 bits per heavy atom. The maximum absolute atomic E-state index is 13.1. The second kappa shape index (κ2) is 9.53. The maximum atomic E-state index is 13.1. The van der Waals surface area contributed by atoms with Crippen molar-refractivity contribution >= 4 is 15.7 Å². The molecule has 1 atom stereocenters. The number of anilines is 1. The summed E-state index contributed by atoms with van der Waals surface area (Å²) in [7, 11) is -3.76. The van der Waals surface area contributed by atoms with E-state index < -0.39 is 15.6 Å². The van der Waals surface area contributed by atoms with Crippen LogP contribution in [0.4, 0.5) is 5.69 Å². The number of aromatic hydroxyl groups is 1. The number of rotatable bonds is 6. The van der Waals surface area contributed by atoms with E-state index in [1.165, 1.54) is 0 Å². The average molecular weight is 494 g/mol. The van der Waals surface area contributed by atoms with Crippen LogP contribution >= 0.6 is 0 Å². The molecule has 2 N–H and O–H groups in total. The van der Waals surface area contributed by atoms with Gasteiger partial charge in [-0.05, 0) is 80.3 Å². The van der Waals surface area contributed by atoms with Gasteiger partial charge < -0.3 is 9.52 Å². The first kappa shape index (κ1) is 23.7. The van der Waals surface area contributed by atoms with Gasteiger partial charge in [0.2, 0.25) is 0 Å². The summed E-state index contributed by atoms with van der Waals surface area (Å²) in [6.45, 7) is 1.85. The van der Waals surface area contributed by atoms with E-state index in [1.807, 2.05) is 19.1 Å². The van der Waals surface area contributed by atoms with E-state index in [9.17, 15) is 18.3 Å². The van der Waals surface area contributed by atoms with Crippen molar-refractivity contribution in [3.8, 4) is 5.75 Å². The van der Waals surface area contributed by atoms with Crippen molar-refractivity contribution in [3.63, 3.8) is 0 Å². The van der Waals surface area contributed by atoms with E-state index in [1.54, 1.807) is 36.4 Å². The molecule has 0 saturated heterocycles. The van der Waals surface area contributed by atoms with Gasteiger partial charge in [-0.3, -0.25) is 4.72 Å². The largest absolute Gasteiger partial charge is 0.507 e. The standard InChI is InChI=1S/C28H31NO5S/c1-18-8-6-11-22(16-18)35(32,33)29-21-10-7-9-20(17-21)25(19-14-15-19)26-27(30)23-12-4-2-3-5-13-24(23)34-28(26)31/h6-11,16-17,19,25,29-30H,2-5,12-15H2,1H3. The minimum atomic E-state index is -3.76. The molecule has 0 radical (unpaired) electrons. The van der Waals surface area contributed by atoms with Crippen LogP contribution in [0.25, 0.3) is 0 Å². The molecule has 1 saturated carbocycles. The van der Waals surface area contributed by atoms with Gasteiger partial charge in [0.1, 0.15) is 11.5 Å². The fraction of sp³-hybridized carbons (Fsp3) is 0.393. The highest BCUT2D eigenvalue weighted by Crippen LogP contribution is 2.49. The van der Waals surface area contributed by atoms with Gasteiger partial charge in [-0.15, -0.1) is 0 Å². The van der Waals surface area contributed by atoms with Crippen molar-refractivity contribution < 1.29 is 17.9 Å². The molecule has 0 spiro atoms. The van der Waals surface area contributed by atoms with E-state index >= 15 is 0 Å². The molecule has 5 rings (SSSR count). The molecule has 0 bridgehead atoms. The highest BCUT2D eigenvalue weighted by molar-refractivity contribution is 7.92. The van der Waals surface area contributed by atoms with Crippen LogP contribution in [0.5, 0.6) is 5.75 Å². The molecule has 1 heterocycles. The van der Waals surface area contributed by atoms with E-state index in [-0.39, 0.29) is 22.5 Å². The lowest BCUT2D eigenvalue weighted by atomic mass is 9.85. The van der Waals surface area contributed by atoms with Gasteiger partial charge in [-0.25, -0.2) is 13.2 Å². The van der Waals surface area contributed by atoms with Gasteiger partial charge in [0.05, 0.1) is 10.5 Å². The molecule has 1 aromatic heterocycles. The van der Waals surface area contributed by atoms with Crippen molar-refractivity contribution in [1.29, 1.82) is 0 Å². The monoisotopic (exact) mass is 493 g/mol. The lowest BCUT2D eigenvalue weighted by Crippen LogP contribution is -2.19. The molecule has 2 aromatic carbocycles. The van der Waals surface area contributed by atoms with Crippen LogP contribution in [0.2, 0.25) is 0 Å². The number of nitrogens with one attached hydrogen (secondary N) is 1. The Bertz CT molecular complexity index is 1410. The van der Waals surface area contributed by atoms with Crippen LogP contribution in [-0.2, 0) is 22.9 Å². The second-order valence-corrected chi connectivity index (χ2v) is 11.5. The first-order valence-electron chi connectivity index (χ1n) is 12.4. The second-order valence-electron chi connectivity index (χ2n) is 9.83. The Kier molecular flexibility index (Phi) is 6.45. The van der Waals surface area contributed by atoms with Crippen LogP contribution in [0.3, 0.4) is 0 Å². The Morgan fingerprint density at radius 1 is 1.00 bits per heavy atom. The van der Waals surface area contributed by atoms with Gasteiger partial charge in [0, 0.05) is 23.6 Å². The molecular weight excluding hydrogens is 462 g/mol. The Labute approximate surface area is 206 Å². The van der Waals surface area contributed by atoms with Gasteiger partial charge in [0.25, 0.3) is 10.0 Å². The molecule has 2 aliphatic rings. The summed E-state index contributed by atoms with van der Waals surface area (Å²) < 4.78 is 34.4. The van der Waals surface area contributed by atoms with Crippen LogP contribution in [0.1, 0.15) is 72.5 Å². The Morgan fingerprint density at radius 2 is 1.74 bits per heavy atom. The summed E-state index contributed by atoms with van der Waals surface area (Å²) in [5.74, 6) is 0.551. The lowest BCUT2D eigenvalue weighted by molar-refractivity contribution is 0.382. The minimum Gasteiger partial charge on any atom is -0.507 e. The van der Waals surface area contributed by atoms with Crippen LogP contribution in [-0.4, -0.2) is 13.5 Å². The van der Waals surface area contributed by atoms with Crippen LogP contribution in [0.15, 0.2) is 62.6 Å². The summed E-state index contributed by atoms with van der Waals surface area (Å²) in [6, 6.07) is 13.9. The van der Waals surface area contributed by atoms with E-state index in [0.717, 1.165) is 55.2 Å². The number of sulfonamides is 1. The van der Waals surface area contributed by atoms with Crippen molar-refractivity contribution in [2.45, 2.75) is 69.1 Å². The Hall–Kier alpha value is -3.06. The van der Waals surface area contributed by atoms with E-state index in [4.69, 9.17) is 4.42 Å². The summed E-state index contributed by atoms with van der Waals surface area (Å²) >= 11 is 0. The molecule has 184 valence electrons. The first-order valence-corrected chi connectivity index (χ1v) is 13.9. The lowest BCUT2D eigenvalue weighted by Gasteiger charge is -2.22. The number of hydrogen-bond donors (Lipinski definition) is 2. The van der Waals surface area contributed by atoms with Gasteiger partial charge >= 0.3 is 5.63 Å². The molecule has 1 unspecified atom stereocenters. The predicted octanol–water partition coefficient (Wildman–Crippen LogP) is 5.66. The smallest absolute Gasteiger partial charge is 0.343 e. The number of fused-ring (bicyclic) bond motifs is 1. The number of hydrogen-bond acceptors (Lipinski definition) is 5. The topological polar surface area (TPSA) is 96.6 Å². The van der Waals surface area contributed by atoms with Crippen molar-refractivity contribution in [2.24, 2.45) is 5.92 Å². The zero-order valence-corrected chi connectivity index (χ0v) is 20.7. The van der Waals surface area contributed by atoms with Crippen molar-refractivity contribution in [2.75, 3.05) is 4.72 Å². The van der Waals surface area contributed by atoms with E-state index in [2.05, 4.69) is 4.72 Å². The summed E-state index contributed by atoms with van der Waals surface area (Å²) in [6.07, 6.45) is 7.36. The van der Waals surface area contributed by atoms with Gasteiger partial charge in [-0.1, -0.05) is 37.1 Å². The zero-order valence-electron chi connectivity index (χ0n) is 19.9. The normalized spacial score (nSPS) is 17.2. The molecule has 6 nitrogen and oxygen atoms in total. The molecular formula is C28H31NO5S. The predicted molar refractivity (Wildman–Crippen MR) is 136 cm³/mol. The number of aryl methyl sites for hydroxylation is 2. The van der Waals surface area contributed by atoms with Gasteiger partial charge in [-0.2, -0.15) is 0 Å². The SMILES string of the molecule is Cc1cccc(S(=O)(=O)Nc2cccc(C(c3c(O)c4c(oc3=O)CCCCCC4)C3CC3)c2)c1. The molecule has 7 heteroatoms. The third-order valence-corrected chi connectivity index (χ3v) is 8.48. The quantitative estimate of drug-likeness (QED) is 0.462. The van der Waals surface area contributed by atoms with Crippen LogP contribution < -0.4 is 10.3 Å². The molecule has 35 heavy (non-hydrogen) atoms. The van der Waals surface area contributed by atoms with E-state index in [0.29, 0.717) is 29.9 Å². The zero-order chi connectivity index (χ0) is 24.6. The third-order valence-electron chi connectivity index (χ3n) is 7.10. The summed E-state index contributed by atoms with van der Waals surface area (Å²) in [5.41, 5.74) is 2.67. The van der Waals surface area contributed by atoms with Crippen molar-refractivity contribution in [3.05, 3.63) is 87.0 Å². The highest BCUT2D eigenvalue weighted by atomic mass is 32.2. The number of benzene rings is 2. The molecule has 0 aliphatic heterocycles. The summed E-state index contributed by atoms with van der Waals surface area (Å²) in [4.78, 5) is 13.3. The molecule has 2 aliphatic carbocycles. The van der Waals surface area contributed by atoms with Crippen LogP contribution in [0, 0.1) is 12.8 Å². The Balaban J connectivity index is 1.52. The molecule has 0 amide bonds. The van der Waals surface area contributed by atoms with Crippen molar-refractivity contribution in [1.82, 2.24) is 0 Å². The summed E-state index contributed by atoms with van der Waals surface area (Å²) in [5, 5.41) is 11.3. The third kappa shape index (κ3) is 5.01. The minimum absolute atomic E-state index is 0.0702. The van der Waals surface area contributed by atoms with Gasteiger partial charge in [0.15, 0.2) is 0 Å². The fourth-order valence-electron chi connectivity index (χ4n) is 5.19. The highest BCUT2D eigenvalue weighted by Gasteiger charge is 2.38. The maximum Gasteiger partial charge on any atom is 0.343 e. The fourth-order valence-corrected chi connectivity index (χ4v) is 6.34. The molecule has 1 fully saturated rings. The first-order chi connectivity index (χ1) is 16.8. The molecule has 3 aromatic rings. The average Bonchev–Trinajstić information content (AvgIpc) is 3.63.